The molecule has 0 spiro atoms. The Hall–Kier alpha value is -1.66. The van der Waals surface area contributed by atoms with Gasteiger partial charge < -0.3 is 14.0 Å². The Balaban J connectivity index is 2.39. The van der Waals surface area contributed by atoms with E-state index in [0.717, 1.165) is 0 Å². The van der Waals surface area contributed by atoms with Gasteiger partial charge >= 0.3 is 13.1 Å². The summed E-state index contributed by atoms with van der Waals surface area (Å²) in [7, 11) is -0.727. The van der Waals surface area contributed by atoms with Crippen LogP contribution in [0.5, 0.6) is 0 Å². The highest BCUT2D eigenvalue weighted by Crippen LogP contribution is 2.40. The minimum Gasteiger partial charge on any atom is -0.463 e. The predicted molar refractivity (Wildman–Crippen MR) is 87.1 cm³/mol. The monoisotopic (exact) mass is 320 g/mol. The van der Waals surface area contributed by atoms with Crippen LogP contribution in [0.15, 0.2) is 30.3 Å². The zero-order valence-electron chi connectivity index (χ0n) is 14.2. The molecule has 23 heavy (non-hydrogen) atoms. The van der Waals surface area contributed by atoms with Crippen molar-refractivity contribution in [3.8, 4) is 0 Å². The third kappa shape index (κ3) is 3.82. The molecule has 0 amide bonds. The van der Waals surface area contributed by atoms with Gasteiger partial charge in [0.1, 0.15) is 5.82 Å². The molecule has 0 N–H and O–H groups in total. The van der Waals surface area contributed by atoms with Crippen molar-refractivity contribution in [1.29, 1.82) is 0 Å². The molecule has 0 radical (unpaired) electrons. The normalized spacial score (nSPS) is 19.7. The van der Waals surface area contributed by atoms with Crippen molar-refractivity contribution in [2.75, 3.05) is 6.61 Å². The van der Waals surface area contributed by atoms with Crippen LogP contribution in [0.3, 0.4) is 0 Å². The number of carbonyl (C=O) groups excluding carboxylic acids is 1. The fraction of sp³-hybridized carbons (Fsp3) is 0.471. The lowest BCUT2D eigenvalue weighted by atomic mass is 9.73. The fourth-order valence-corrected chi connectivity index (χ4v) is 2.21. The Morgan fingerprint density at radius 2 is 1.70 bits per heavy atom. The summed E-state index contributed by atoms with van der Waals surface area (Å²) in [4.78, 5) is 11.9. The van der Waals surface area contributed by atoms with Crippen LogP contribution in [0.4, 0.5) is 4.39 Å². The van der Waals surface area contributed by atoms with Gasteiger partial charge in [-0.25, -0.2) is 9.18 Å². The highest BCUT2D eigenvalue weighted by Gasteiger charge is 2.52. The van der Waals surface area contributed by atoms with Crippen molar-refractivity contribution in [1.82, 2.24) is 0 Å². The van der Waals surface area contributed by atoms with Gasteiger partial charge in [-0.1, -0.05) is 12.1 Å². The van der Waals surface area contributed by atoms with Crippen LogP contribution < -0.4 is 0 Å². The van der Waals surface area contributed by atoms with Crippen LogP contribution >= 0.6 is 0 Å². The van der Waals surface area contributed by atoms with Crippen LogP contribution in [0.1, 0.15) is 40.2 Å². The Morgan fingerprint density at radius 1 is 1.17 bits per heavy atom. The average Bonchev–Trinajstić information content (AvgIpc) is 2.66. The number of hydrogen-bond acceptors (Lipinski definition) is 4. The molecule has 0 unspecified atom stereocenters. The van der Waals surface area contributed by atoms with E-state index < -0.39 is 24.3 Å². The SMILES string of the molecule is CCOC(=O)/C=C(\B1OC(C)(C)C(C)(C)O1)c1ccc(F)cc1. The first kappa shape index (κ1) is 17.7. The van der Waals surface area contributed by atoms with Crippen LogP contribution in [-0.4, -0.2) is 30.9 Å². The predicted octanol–water partition coefficient (Wildman–Crippen LogP) is 3.40. The summed E-state index contributed by atoms with van der Waals surface area (Å²) in [5.74, 6) is -0.834. The molecule has 6 heteroatoms. The van der Waals surface area contributed by atoms with Gasteiger partial charge in [-0.05, 0) is 57.8 Å². The minimum absolute atomic E-state index is 0.273. The third-order valence-electron chi connectivity index (χ3n) is 4.24. The maximum Gasteiger partial charge on any atom is 0.495 e. The molecule has 1 aromatic carbocycles. The van der Waals surface area contributed by atoms with Crippen molar-refractivity contribution >= 4 is 18.6 Å². The van der Waals surface area contributed by atoms with E-state index in [1.54, 1.807) is 19.1 Å². The lowest BCUT2D eigenvalue weighted by molar-refractivity contribution is -0.137. The molecule has 0 saturated carbocycles. The number of benzene rings is 1. The molecule has 1 aromatic rings. The molecule has 1 aliphatic rings. The summed E-state index contributed by atoms with van der Waals surface area (Å²) < 4.78 is 30.2. The standard InChI is InChI=1S/C17H22BFO4/c1-6-21-15(20)11-14(12-7-9-13(19)10-8-12)18-22-16(2,3)17(4,5)23-18/h7-11H,6H2,1-5H3/b14-11-. The number of hydrogen-bond donors (Lipinski definition) is 0. The molecule has 0 aromatic heterocycles. The van der Waals surface area contributed by atoms with Crippen molar-refractivity contribution in [2.45, 2.75) is 45.8 Å². The molecular formula is C17H22BFO4. The van der Waals surface area contributed by atoms with Crippen molar-refractivity contribution in [3.05, 3.63) is 41.7 Å². The van der Waals surface area contributed by atoms with Gasteiger partial charge in [0.2, 0.25) is 0 Å². The van der Waals surface area contributed by atoms with Crippen molar-refractivity contribution in [3.63, 3.8) is 0 Å². The molecular weight excluding hydrogens is 298 g/mol. The van der Waals surface area contributed by atoms with E-state index >= 15 is 0 Å². The topological polar surface area (TPSA) is 44.8 Å². The third-order valence-corrected chi connectivity index (χ3v) is 4.24. The van der Waals surface area contributed by atoms with Crippen LogP contribution in [-0.2, 0) is 18.8 Å². The lowest BCUT2D eigenvalue weighted by Crippen LogP contribution is -2.41. The van der Waals surface area contributed by atoms with E-state index in [1.165, 1.54) is 18.2 Å². The van der Waals surface area contributed by atoms with Crippen LogP contribution in [0, 0.1) is 5.82 Å². The van der Waals surface area contributed by atoms with Gasteiger partial charge in [0.15, 0.2) is 0 Å². The number of halogens is 1. The Bertz CT molecular complexity index is 592. The molecule has 1 heterocycles. The quantitative estimate of drug-likeness (QED) is 0.484. The van der Waals surface area contributed by atoms with E-state index in [2.05, 4.69) is 0 Å². The molecule has 0 aliphatic carbocycles. The van der Waals surface area contributed by atoms with Crippen LogP contribution in [0.2, 0.25) is 0 Å². The largest absolute Gasteiger partial charge is 0.495 e. The molecule has 0 atom stereocenters. The highest BCUT2D eigenvalue weighted by molar-refractivity contribution is 6.69. The molecule has 0 bridgehead atoms. The first-order valence-electron chi connectivity index (χ1n) is 7.66. The summed E-state index contributed by atoms with van der Waals surface area (Å²) in [5, 5.41) is 0. The maximum absolute atomic E-state index is 13.2. The number of rotatable bonds is 4. The second-order valence-electron chi connectivity index (χ2n) is 6.45. The summed E-state index contributed by atoms with van der Waals surface area (Å²) in [5.41, 5.74) is 0.0942. The first-order valence-corrected chi connectivity index (χ1v) is 7.66. The molecule has 124 valence electrons. The van der Waals surface area contributed by atoms with Gasteiger partial charge in [-0.3, -0.25) is 0 Å². The Kier molecular flexibility index (Phi) is 4.97. The second-order valence-corrected chi connectivity index (χ2v) is 6.45. The van der Waals surface area contributed by atoms with Gasteiger partial charge in [0.05, 0.1) is 17.8 Å². The molecule has 2 rings (SSSR count). The molecule has 1 saturated heterocycles. The van der Waals surface area contributed by atoms with E-state index in [1.807, 2.05) is 27.7 Å². The zero-order chi connectivity index (χ0) is 17.3. The smallest absolute Gasteiger partial charge is 0.463 e. The second kappa shape index (κ2) is 6.45. The van der Waals surface area contributed by atoms with E-state index in [0.29, 0.717) is 11.0 Å². The van der Waals surface area contributed by atoms with E-state index in [9.17, 15) is 9.18 Å². The molecule has 1 aliphatic heterocycles. The van der Waals surface area contributed by atoms with Gasteiger partial charge in [0, 0.05) is 6.08 Å². The van der Waals surface area contributed by atoms with Crippen molar-refractivity contribution in [2.24, 2.45) is 0 Å². The summed E-state index contributed by atoms with van der Waals surface area (Å²) in [6, 6.07) is 5.84. The summed E-state index contributed by atoms with van der Waals surface area (Å²) >= 11 is 0. The van der Waals surface area contributed by atoms with E-state index in [-0.39, 0.29) is 12.4 Å². The van der Waals surface area contributed by atoms with Gasteiger partial charge in [-0.2, -0.15) is 0 Å². The Labute approximate surface area is 136 Å². The fourth-order valence-electron chi connectivity index (χ4n) is 2.21. The Morgan fingerprint density at radius 3 is 2.17 bits per heavy atom. The number of ether oxygens (including phenoxy) is 1. The minimum atomic E-state index is -0.727. The zero-order valence-corrected chi connectivity index (χ0v) is 14.2. The molecule has 4 nitrogen and oxygen atoms in total. The van der Waals surface area contributed by atoms with Crippen LogP contribution in [0.25, 0.3) is 5.47 Å². The van der Waals surface area contributed by atoms with E-state index in [4.69, 9.17) is 14.0 Å². The summed E-state index contributed by atoms with van der Waals surface area (Å²) in [6.45, 7) is 9.73. The molecule has 1 fully saturated rings. The first-order chi connectivity index (χ1) is 10.7. The number of esters is 1. The van der Waals surface area contributed by atoms with Gasteiger partial charge in [0.25, 0.3) is 0 Å². The summed E-state index contributed by atoms with van der Waals surface area (Å²) in [6.07, 6.45) is 1.35. The highest BCUT2D eigenvalue weighted by atomic mass is 19.1. The van der Waals surface area contributed by atoms with Gasteiger partial charge in [-0.15, -0.1) is 0 Å². The number of carbonyl (C=O) groups is 1. The van der Waals surface area contributed by atoms with Crippen molar-refractivity contribution < 1.29 is 23.2 Å². The average molecular weight is 320 g/mol. The maximum atomic E-state index is 13.2. The lowest BCUT2D eigenvalue weighted by Gasteiger charge is -2.32.